The summed E-state index contributed by atoms with van der Waals surface area (Å²) in [6, 6.07) is 6.98. The average molecular weight is 258 g/mol. The molecule has 1 amide bonds. The van der Waals surface area contributed by atoms with Crippen molar-refractivity contribution in [2.24, 2.45) is 0 Å². The maximum atomic E-state index is 12.2. The van der Waals surface area contributed by atoms with Crippen molar-refractivity contribution in [1.82, 2.24) is 15.2 Å². The number of hydrogen-bond acceptors (Lipinski definition) is 4. The van der Waals surface area contributed by atoms with Crippen molar-refractivity contribution in [3.63, 3.8) is 0 Å². The summed E-state index contributed by atoms with van der Waals surface area (Å²) < 4.78 is 0. The van der Waals surface area contributed by atoms with Gasteiger partial charge in [-0.15, -0.1) is 0 Å². The Balaban J connectivity index is 2.01. The minimum atomic E-state index is -0.944. The molecule has 1 atom stereocenters. The Morgan fingerprint density at radius 1 is 1.37 bits per heavy atom. The Kier molecular flexibility index (Phi) is 2.52. The second kappa shape index (κ2) is 4.20. The summed E-state index contributed by atoms with van der Waals surface area (Å²) in [5.74, 6) is -1.93. The monoisotopic (exact) mass is 258 g/mol. The van der Waals surface area contributed by atoms with Gasteiger partial charge in [0.2, 0.25) is 5.82 Å². The number of aliphatic carboxylic acids is 1. The number of nitrogens with zero attached hydrogens (tertiary/aromatic N) is 3. The lowest BCUT2D eigenvalue weighted by molar-refractivity contribution is -0.138. The Morgan fingerprint density at radius 3 is 2.84 bits per heavy atom. The molecule has 1 aliphatic rings. The van der Waals surface area contributed by atoms with E-state index in [1.807, 2.05) is 0 Å². The maximum absolute atomic E-state index is 12.2. The van der Waals surface area contributed by atoms with Crippen LogP contribution in [0.5, 0.6) is 0 Å². The predicted molar refractivity (Wildman–Crippen MR) is 64.9 cm³/mol. The van der Waals surface area contributed by atoms with Crippen molar-refractivity contribution >= 4 is 17.6 Å². The van der Waals surface area contributed by atoms with Crippen molar-refractivity contribution in [3.05, 3.63) is 42.0 Å². The van der Waals surface area contributed by atoms with Gasteiger partial charge in [-0.05, 0) is 11.6 Å². The number of nitrogens with one attached hydrogen (secondary N) is 1. The van der Waals surface area contributed by atoms with Crippen molar-refractivity contribution < 1.29 is 14.7 Å². The Morgan fingerprint density at radius 2 is 2.16 bits per heavy atom. The van der Waals surface area contributed by atoms with E-state index < -0.39 is 11.9 Å². The third-order valence-corrected chi connectivity index (χ3v) is 3.13. The molecule has 0 fully saturated rings. The van der Waals surface area contributed by atoms with Gasteiger partial charge in [0.1, 0.15) is 12.2 Å². The van der Waals surface area contributed by atoms with Gasteiger partial charge in [0.05, 0.1) is 0 Å². The summed E-state index contributed by atoms with van der Waals surface area (Å²) in [4.78, 5) is 28.7. The number of aromatic amines is 1. The second-order valence-corrected chi connectivity index (χ2v) is 4.20. The van der Waals surface area contributed by atoms with E-state index >= 15 is 0 Å². The van der Waals surface area contributed by atoms with Crippen molar-refractivity contribution in [1.29, 1.82) is 0 Å². The van der Waals surface area contributed by atoms with Crippen LogP contribution >= 0.6 is 0 Å². The van der Waals surface area contributed by atoms with Crippen LogP contribution in [0.1, 0.15) is 22.1 Å². The topological polar surface area (TPSA) is 99.2 Å². The molecule has 2 N–H and O–H groups in total. The van der Waals surface area contributed by atoms with Crippen LogP contribution in [0.3, 0.4) is 0 Å². The Hall–Kier alpha value is -2.70. The van der Waals surface area contributed by atoms with Crippen LogP contribution in [0.25, 0.3) is 0 Å². The zero-order chi connectivity index (χ0) is 13.4. The van der Waals surface area contributed by atoms with Crippen LogP contribution in [0.4, 0.5) is 5.69 Å². The number of H-pyrrole nitrogens is 1. The quantitative estimate of drug-likeness (QED) is 0.823. The lowest BCUT2D eigenvalue weighted by Crippen LogP contribution is -2.32. The van der Waals surface area contributed by atoms with Crippen LogP contribution in [-0.2, 0) is 4.79 Å². The summed E-state index contributed by atoms with van der Waals surface area (Å²) in [6.45, 7) is 0.105. The molecule has 0 spiro atoms. The van der Waals surface area contributed by atoms with E-state index in [4.69, 9.17) is 0 Å². The first kappa shape index (κ1) is 11.4. The van der Waals surface area contributed by atoms with Gasteiger partial charge in [-0.3, -0.25) is 14.7 Å². The largest absolute Gasteiger partial charge is 0.481 e. The summed E-state index contributed by atoms with van der Waals surface area (Å²) in [6.07, 6.45) is 1.24. The highest BCUT2D eigenvalue weighted by Gasteiger charge is 2.37. The maximum Gasteiger partial charge on any atom is 0.312 e. The Labute approximate surface area is 107 Å². The summed E-state index contributed by atoms with van der Waals surface area (Å²) in [7, 11) is 0. The smallest absolute Gasteiger partial charge is 0.312 e. The van der Waals surface area contributed by atoms with Crippen molar-refractivity contribution in [2.75, 3.05) is 11.4 Å². The number of hydrogen-bond donors (Lipinski definition) is 2. The number of carbonyl (C=O) groups excluding carboxylic acids is 1. The Bertz CT molecular complexity index is 638. The molecule has 3 rings (SSSR count). The van der Waals surface area contributed by atoms with E-state index in [-0.39, 0.29) is 18.3 Å². The van der Waals surface area contributed by atoms with E-state index in [2.05, 4.69) is 15.2 Å². The van der Waals surface area contributed by atoms with E-state index in [9.17, 15) is 14.7 Å². The third-order valence-electron chi connectivity index (χ3n) is 3.13. The van der Waals surface area contributed by atoms with E-state index in [1.165, 1.54) is 11.2 Å². The van der Waals surface area contributed by atoms with Crippen molar-refractivity contribution in [3.8, 4) is 0 Å². The molecule has 1 aliphatic heterocycles. The standard InChI is InChI=1S/C12H10N4O3/c17-11(10-13-6-14-15-10)16-5-8(12(18)19)7-3-1-2-4-9(7)16/h1-4,6,8H,5H2,(H,18,19)(H,13,14,15). The number of anilines is 1. The van der Waals surface area contributed by atoms with Gasteiger partial charge in [0.15, 0.2) is 0 Å². The first-order valence-electron chi connectivity index (χ1n) is 5.67. The fraction of sp³-hybridized carbons (Fsp3) is 0.167. The molecule has 0 saturated heterocycles. The van der Waals surface area contributed by atoms with E-state index in [0.29, 0.717) is 11.3 Å². The number of fused-ring (bicyclic) bond motifs is 1. The molecule has 19 heavy (non-hydrogen) atoms. The molecule has 96 valence electrons. The molecule has 2 heterocycles. The van der Waals surface area contributed by atoms with Gasteiger partial charge in [-0.1, -0.05) is 18.2 Å². The van der Waals surface area contributed by atoms with E-state index in [1.54, 1.807) is 24.3 Å². The van der Waals surface area contributed by atoms with Gasteiger partial charge in [-0.2, -0.15) is 5.10 Å². The molecular formula is C12H10N4O3. The molecule has 1 aromatic carbocycles. The average Bonchev–Trinajstić information content (AvgIpc) is 3.05. The lowest BCUT2D eigenvalue weighted by Gasteiger charge is -2.15. The number of carboxylic acid groups (broad SMARTS) is 1. The van der Waals surface area contributed by atoms with Gasteiger partial charge >= 0.3 is 5.97 Å². The molecule has 1 unspecified atom stereocenters. The molecule has 0 aliphatic carbocycles. The molecule has 7 heteroatoms. The van der Waals surface area contributed by atoms with E-state index in [0.717, 1.165) is 0 Å². The molecule has 2 aromatic rings. The zero-order valence-electron chi connectivity index (χ0n) is 9.78. The number of carbonyl (C=O) groups is 2. The third kappa shape index (κ3) is 1.75. The number of benzene rings is 1. The number of amides is 1. The molecule has 0 bridgehead atoms. The summed E-state index contributed by atoms with van der Waals surface area (Å²) in [5.41, 5.74) is 1.25. The lowest BCUT2D eigenvalue weighted by atomic mass is 10.0. The minimum Gasteiger partial charge on any atom is -0.481 e. The first-order valence-corrected chi connectivity index (χ1v) is 5.67. The molecule has 7 nitrogen and oxygen atoms in total. The number of rotatable bonds is 2. The molecule has 0 radical (unpaired) electrons. The first-order chi connectivity index (χ1) is 9.18. The highest BCUT2D eigenvalue weighted by atomic mass is 16.4. The van der Waals surface area contributed by atoms with Crippen LogP contribution in [0, 0.1) is 0 Å². The minimum absolute atomic E-state index is 0.0980. The summed E-state index contributed by atoms with van der Waals surface area (Å²) in [5, 5.41) is 15.3. The number of para-hydroxylation sites is 1. The zero-order valence-corrected chi connectivity index (χ0v) is 9.78. The molecular weight excluding hydrogens is 248 g/mol. The van der Waals surface area contributed by atoms with Crippen LogP contribution in [0.15, 0.2) is 30.6 Å². The second-order valence-electron chi connectivity index (χ2n) is 4.20. The number of carboxylic acids is 1. The fourth-order valence-corrected chi connectivity index (χ4v) is 2.25. The fourth-order valence-electron chi connectivity index (χ4n) is 2.25. The van der Waals surface area contributed by atoms with Crippen LogP contribution in [-0.4, -0.2) is 38.7 Å². The predicted octanol–water partition coefficient (Wildman–Crippen LogP) is 0.633. The van der Waals surface area contributed by atoms with Gasteiger partial charge < -0.3 is 10.0 Å². The van der Waals surface area contributed by atoms with Gasteiger partial charge in [-0.25, -0.2) is 4.98 Å². The van der Waals surface area contributed by atoms with Crippen LogP contribution < -0.4 is 4.90 Å². The number of aromatic nitrogens is 3. The highest BCUT2D eigenvalue weighted by Crippen LogP contribution is 2.36. The van der Waals surface area contributed by atoms with Crippen LogP contribution in [0.2, 0.25) is 0 Å². The SMILES string of the molecule is O=C(O)C1CN(C(=O)c2ncn[nH]2)c2ccccc21. The van der Waals surface area contributed by atoms with Gasteiger partial charge in [0.25, 0.3) is 5.91 Å². The van der Waals surface area contributed by atoms with Gasteiger partial charge in [0, 0.05) is 12.2 Å². The normalized spacial score (nSPS) is 17.3. The summed E-state index contributed by atoms with van der Waals surface area (Å²) >= 11 is 0. The highest BCUT2D eigenvalue weighted by molar-refractivity contribution is 6.06. The molecule has 0 saturated carbocycles. The van der Waals surface area contributed by atoms with Crippen molar-refractivity contribution in [2.45, 2.75) is 5.92 Å². The molecule has 1 aromatic heterocycles.